The van der Waals surface area contributed by atoms with Gasteiger partial charge in [-0.15, -0.1) is 0 Å². The molecule has 29 heavy (non-hydrogen) atoms. The van der Waals surface area contributed by atoms with Crippen LogP contribution in [0.25, 0.3) is 0 Å². The first kappa shape index (κ1) is 23.4. The molecular weight excluding hydrogens is 352 g/mol. The summed E-state index contributed by atoms with van der Waals surface area (Å²) in [5.74, 6) is 5.01. The van der Waals surface area contributed by atoms with E-state index >= 15 is 0 Å². The molecule has 0 radical (unpaired) electrons. The van der Waals surface area contributed by atoms with Crippen molar-refractivity contribution in [1.29, 1.82) is 0 Å². The van der Waals surface area contributed by atoms with Gasteiger partial charge in [-0.2, -0.15) is 0 Å². The smallest absolute Gasteiger partial charge is 0.0456 e. The van der Waals surface area contributed by atoms with E-state index in [-0.39, 0.29) is 0 Å². The number of fused-ring (bicyclic) bond motifs is 1. The Hall–Kier alpha value is -0.300. The summed E-state index contributed by atoms with van der Waals surface area (Å²) in [5, 5.41) is 9.31. The molecule has 1 nitrogen and oxygen atoms in total. The number of hydrogen-bond donors (Lipinski definition) is 1. The van der Waals surface area contributed by atoms with Gasteiger partial charge in [0.05, 0.1) is 0 Å². The lowest BCUT2D eigenvalue weighted by atomic mass is 9.52. The van der Waals surface area contributed by atoms with Gasteiger partial charge in [0.25, 0.3) is 0 Å². The lowest BCUT2D eigenvalue weighted by molar-refractivity contribution is 0.00392. The Kier molecular flexibility index (Phi) is 7.62. The van der Waals surface area contributed by atoms with Crippen LogP contribution in [0, 0.1) is 46.3 Å². The highest BCUT2D eigenvalue weighted by Gasteiger charge is 2.53. The Bertz CT molecular complexity index is 565. The van der Waals surface area contributed by atoms with Crippen LogP contribution < -0.4 is 0 Å². The zero-order valence-electron chi connectivity index (χ0n) is 20.5. The van der Waals surface area contributed by atoms with E-state index < -0.39 is 0 Å². The molecule has 3 aliphatic rings. The van der Waals surface area contributed by atoms with Crippen LogP contribution in [0.15, 0.2) is 11.6 Å². The summed E-state index contributed by atoms with van der Waals surface area (Å²) < 4.78 is 0. The van der Waals surface area contributed by atoms with Crippen molar-refractivity contribution in [1.82, 2.24) is 0 Å². The largest absolute Gasteiger partial charge is 0.396 e. The summed E-state index contributed by atoms with van der Waals surface area (Å²) in [6, 6.07) is 0. The second kappa shape index (κ2) is 9.46. The molecule has 0 aromatic carbocycles. The van der Waals surface area contributed by atoms with E-state index in [0.29, 0.717) is 23.4 Å². The first-order chi connectivity index (χ1) is 13.7. The number of allylic oxidation sites excluding steroid dienone is 2. The molecule has 0 saturated heterocycles. The van der Waals surface area contributed by atoms with E-state index in [1.54, 1.807) is 5.57 Å². The Labute approximate surface area is 182 Å². The van der Waals surface area contributed by atoms with Gasteiger partial charge < -0.3 is 5.11 Å². The van der Waals surface area contributed by atoms with Gasteiger partial charge in [0.2, 0.25) is 0 Å². The molecule has 1 heteroatoms. The van der Waals surface area contributed by atoms with Crippen molar-refractivity contribution in [3.8, 4) is 0 Å². The molecular formula is C28H50O. The summed E-state index contributed by atoms with van der Waals surface area (Å²) in [6.07, 6.45) is 17.9. The van der Waals surface area contributed by atoms with E-state index in [2.05, 4.69) is 47.6 Å². The third-order valence-corrected chi connectivity index (χ3v) is 10.3. The zero-order valence-corrected chi connectivity index (χ0v) is 20.5. The normalized spacial score (nSPS) is 43.9. The fourth-order valence-electron chi connectivity index (χ4n) is 7.99. The third-order valence-electron chi connectivity index (χ3n) is 10.3. The number of aliphatic hydroxyl groups is 1. The topological polar surface area (TPSA) is 20.2 Å². The summed E-state index contributed by atoms with van der Waals surface area (Å²) in [5.41, 5.74) is 2.85. The maximum absolute atomic E-state index is 9.31. The molecule has 0 aliphatic heterocycles. The molecule has 3 fully saturated rings. The van der Waals surface area contributed by atoms with Crippen LogP contribution in [0.1, 0.15) is 112 Å². The van der Waals surface area contributed by atoms with E-state index in [4.69, 9.17) is 0 Å². The van der Waals surface area contributed by atoms with E-state index in [1.807, 2.05) is 0 Å². The van der Waals surface area contributed by atoms with Crippen molar-refractivity contribution < 1.29 is 5.11 Å². The van der Waals surface area contributed by atoms with Crippen molar-refractivity contribution in [3.63, 3.8) is 0 Å². The van der Waals surface area contributed by atoms with Crippen LogP contribution in [-0.2, 0) is 0 Å². The van der Waals surface area contributed by atoms with Crippen molar-refractivity contribution >= 4 is 0 Å². The lowest BCUT2D eigenvalue weighted by Gasteiger charge is -2.52. The Balaban J connectivity index is 1.62. The van der Waals surface area contributed by atoms with Crippen LogP contribution in [0.5, 0.6) is 0 Å². The average Bonchev–Trinajstić information content (AvgIpc) is 3.05. The van der Waals surface area contributed by atoms with Crippen LogP contribution in [0.4, 0.5) is 0 Å². The van der Waals surface area contributed by atoms with Crippen molar-refractivity contribution in [2.24, 2.45) is 46.3 Å². The van der Waals surface area contributed by atoms with Gasteiger partial charge >= 0.3 is 0 Å². The highest BCUT2D eigenvalue weighted by Crippen LogP contribution is 2.63. The highest BCUT2D eigenvalue weighted by atomic mass is 16.3. The van der Waals surface area contributed by atoms with Crippen LogP contribution >= 0.6 is 0 Å². The summed E-state index contributed by atoms with van der Waals surface area (Å²) in [6.45, 7) is 15.1. The number of hydrogen-bond acceptors (Lipinski definition) is 1. The minimum Gasteiger partial charge on any atom is -0.396 e. The second-order valence-corrected chi connectivity index (χ2v) is 12.1. The molecule has 0 heterocycles. The SMILES string of the molecule is C/C=C1/CC(C)CCC1(C)C1CCC2(C)C(CCC2C(C)CCC[C@@H](C)CO)C1. The quantitative estimate of drug-likeness (QED) is 0.427. The Morgan fingerprint density at radius 1 is 1.03 bits per heavy atom. The number of aliphatic hydroxyl groups excluding tert-OH is 1. The molecule has 0 aromatic rings. The molecule has 0 spiro atoms. The fraction of sp³-hybridized carbons (Fsp3) is 0.929. The summed E-state index contributed by atoms with van der Waals surface area (Å²) in [7, 11) is 0. The zero-order chi connectivity index (χ0) is 21.2. The third kappa shape index (κ3) is 4.65. The molecule has 8 atom stereocenters. The van der Waals surface area contributed by atoms with Gasteiger partial charge in [-0.05, 0) is 111 Å². The van der Waals surface area contributed by atoms with Crippen molar-refractivity contribution in [2.45, 2.75) is 112 Å². The molecule has 1 N–H and O–H groups in total. The predicted octanol–water partition coefficient (Wildman–Crippen LogP) is 8.03. The van der Waals surface area contributed by atoms with Crippen LogP contribution in [-0.4, -0.2) is 11.7 Å². The van der Waals surface area contributed by atoms with Crippen molar-refractivity contribution in [2.75, 3.05) is 6.61 Å². The predicted molar refractivity (Wildman–Crippen MR) is 126 cm³/mol. The summed E-state index contributed by atoms with van der Waals surface area (Å²) >= 11 is 0. The maximum atomic E-state index is 9.31. The van der Waals surface area contributed by atoms with Gasteiger partial charge in [-0.1, -0.05) is 59.1 Å². The van der Waals surface area contributed by atoms with Gasteiger partial charge in [-0.25, -0.2) is 0 Å². The lowest BCUT2D eigenvalue weighted by Crippen LogP contribution is -2.43. The maximum Gasteiger partial charge on any atom is 0.0456 e. The molecule has 7 unspecified atom stereocenters. The number of rotatable bonds is 7. The molecule has 3 aliphatic carbocycles. The van der Waals surface area contributed by atoms with Gasteiger partial charge in [0, 0.05) is 6.61 Å². The molecule has 0 aromatic heterocycles. The average molecular weight is 403 g/mol. The van der Waals surface area contributed by atoms with Crippen molar-refractivity contribution in [3.05, 3.63) is 11.6 Å². The van der Waals surface area contributed by atoms with Crippen LogP contribution in [0.3, 0.4) is 0 Å². The Morgan fingerprint density at radius 2 is 1.79 bits per heavy atom. The highest BCUT2D eigenvalue weighted by molar-refractivity contribution is 5.19. The van der Waals surface area contributed by atoms with E-state index in [1.165, 1.54) is 70.6 Å². The molecule has 0 bridgehead atoms. The molecule has 3 rings (SSSR count). The second-order valence-electron chi connectivity index (χ2n) is 12.1. The van der Waals surface area contributed by atoms with E-state index in [9.17, 15) is 5.11 Å². The van der Waals surface area contributed by atoms with Gasteiger partial charge in [0.15, 0.2) is 0 Å². The molecule has 168 valence electrons. The van der Waals surface area contributed by atoms with Crippen LogP contribution in [0.2, 0.25) is 0 Å². The monoisotopic (exact) mass is 402 g/mol. The fourth-order valence-corrected chi connectivity index (χ4v) is 7.99. The summed E-state index contributed by atoms with van der Waals surface area (Å²) in [4.78, 5) is 0. The van der Waals surface area contributed by atoms with Gasteiger partial charge in [0.1, 0.15) is 0 Å². The minimum atomic E-state index is 0.352. The molecule has 3 saturated carbocycles. The first-order valence-corrected chi connectivity index (χ1v) is 13.0. The minimum absolute atomic E-state index is 0.352. The standard InChI is InChI=1S/C28H50O/c1-7-23-17-20(2)13-15-27(23,5)25-14-16-28(6)24(18-25)11-12-26(28)22(4)10-8-9-21(3)19-29/h7,20-22,24-26,29H,8-19H2,1-6H3/b23-7-/t20?,21-,22?,24?,25?,26?,27?,28?/m1/s1. The first-order valence-electron chi connectivity index (χ1n) is 13.0. The van der Waals surface area contributed by atoms with E-state index in [0.717, 1.165) is 29.6 Å². The Morgan fingerprint density at radius 3 is 2.48 bits per heavy atom. The van der Waals surface area contributed by atoms with Gasteiger partial charge in [-0.3, -0.25) is 0 Å². The molecule has 0 amide bonds.